The third-order valence-corrected chi connectivity index (χ3v) is 13.0. The van der Waals surface area contributed by atoms with E-state index in [4.69, 9.17) is 9.57 Å². The van der Waals surface area contributed by atoms with Gasteiger partial charge in [0.05, 0.1) is 13.2 Å². The summed E-state index contributed by atoms with van der Waals surface area (Å²) in [6.07, 6.45) is 1.03. The Morgan fingerprint density at radius 3 is 2.41 bits per heavy atom. The van der Waals surface area contributed by atoms with Crippen molar-refractivity contribution in [1.82, 2.24) is 17.9 Å². The molecule has 29 heavy (non-hydrogen) atoms. The highest BCUT2D eigenvalue weighted by molar-refractivity contribution is 8.09. The summed E-state index contributed by atoms with van der Waals surface area (Å²) in [5.41, 5.74) is -1.56. The summed E-state index contributed by atoms with van der Waals surface area (Å²) in [6.45, 7) is 0.668. The number of sulfonamides is 2. The molecule has 1 aromatic rings. The van der Waals surface area contributed by atoms with Crippen LogP contribution < -0.4 is 5.32 Å². The highest BCUT2D eigenvalue weighted by Gasteiger charge is 2.47. The lowest BCUT2D eigenvalue weighted by Crippen LogP contribution is -2.35. The zero-order chi connectivity index (χ0) is 20.9. The number of ether oxygens (including phenoxy) is 1. The molecule has 0 aliphatic carbocycles. The summed E-state index contributed by atoms with van der Waals surface area (Å²) in [4.78, 5) is 4.19. The third-order valence-electron chi connectivity index (χ3n) is 4.30. The molecule has 0 radical (unpaired) electrons. The van der Waals surface area contributed by atoms with Gasteiger partial charge in [-0.15, -0.1) is 3.71 Å². The first-order chi connectivity index (χ1) is 13.7. The highest BCUT2D eigenvalue weighted by atomic mass is 32.3. The molecule has 0 aromatic carbocycles. The Morgan fingerprint density at radius 1 is 1.03 bits per heavy atom. The maximum Gasteiger partial charge on any atom is 0.284 e. The lowest BCUT2D eigenvalue weighted by molar-refractivity contribution is -0.0288. The highest BCUT2D eigenvalue weighted by Crippen LogP contribution is 2.40. The maximum atomic E-state index is 13.2. The quantitative estimate of drug-likeness (QED) is 0.482. The number of nitrogens with one attached hydrogen (secondary N) is 1. The fourth-order valence-corrected chi connectivity index (χ4v) is 11.8. The van der Waals surface area contributed by atoms with Crippen molar-refractivity contribution in [3.05, 3.63) is 0 Å². The molecule has 3 fully saturated rings. The topological polar surface area (TPSA) is 152 Å². The molecular weight excluding hydrogens is 488 g/mol. The summed E-state index contributed by atoms with van der Waals surface area (Å²) in [5, 5.41) is 1.74. The van der Waals surface area contributed by atoms with E-state index in [9.17, 15) is 25.3 Å². The van der Waals surface area contributed by atoms with Gasteiger partial charge in [0.1, 0.15) is 4.90 Å². The molecule has 1 aromatic heterocycles. The van der Waals surface area contributed by atoms with Crippen LogP contribution in [-0.2, 0) is 39.5 Å². The Morgan fingerprint density at radius 2 is 1.83 bits per heavy atom. The van der Waals surface area contributed by atoms with Crippen molar-refractivity contribution in [3.63, 3.8) is 0 Å². The molecule has 12 nitrogen and oxygen atoms in total. The first-order valence-corrected chi connectivity index (χ1v) is 14.7. The second-order valence-electron chi connectivity index (χ2n) is 6.24. The van der Waals surface area contributed by atoms with E-state index in [-0.39, 0.29) is 32.8 Å². The van der Waals surface area contributed by atoms with E-state index in [0.717, 1.165) is 15.7 Å². The Balaban J connectivity index is 1.90. The second-order valence-corrected chi connectivity index (χ2v) is 14.1. The molecule has 1 atom stereocenters. The second kappa shape index (κ2) is 7.95. The summed E-state index contributed by atoms with van der Waals surface area (Å²) in [6, 6.07) is 0. The van der Waals surface area contributed by atoms with E-state index >= 15 is 0 Å². The molecule has 3 aliphatic rings. The lowest BCUT2D eigenvalue weighted by atomic mass is 10.5. The van der Waals surface area contributed by atoms with Gasteiger partial charge in [-0.1, -0.05) is 16.4 Å². The minimum Gasteiger partial charge on any atom is -0.348 e. The molecule has 0 saturated carbocycles. The smallest absolute Gasteiger partial charge is 0.284 e. The predicted octanol–water partition coefficient (Wildman–Crippen LogP) is -0.811. The van der Waals surface area contributed by atoms with Gasteiger partial charge in [-0.05, 0) is 24.4 Å². The number of sulfone groups is 1. The minimum atomic E-state index is -4.54. The van der Waals surface area contributed by atoms with Crippen LogP contribution in [0.4, 0.5) is 0 Å². The Kier molecular flexibility index (Phi) is 5.99. The molecule has 0 amide bonds. The van der Waals surface area contributed by atoms with Crippen LogP contribution in [0.5, 0.6) is 0 Å². The Bertz CT molecular complexity index is 1020. The molecule has 0 bridgehead atoms. The number of hydrogen-bond donors (Lipinski definition) is 1. The van der Waals surface area contributed by atoms with Crippen LogP contribution in [0.15, 0.2) is 14.1 Å². The van der Waals surface area contributed by atoms with Crippen LogP contribution in [-0.4, -0.2) is 82.0 Å². The zero-order valence-electron chi connectivity index (χ0n) is 14.9. The number of rotatable bonds is 6. The molecule has 0 spiro atoms. The van der Waals surface area contributed by atoms with Gasteiger partial charge in [0.2, 0.25) is 20.4 Å². The normalized spacial score (nSPS) is 25.2. The largest absolute Gasteiger partial charge is 0.348 e. The van der Waals surface area contributed by atoms with Crippen LogP contribution in [0.25, 0.3) is 0 Å². The fraction of sp³-hybridized carbons (Fsp3) is 0.750. The van der Waals surface area contributed by atoms with Gasteiger partial charge in [0.15, 0.2) is 4.21 Å². The summed E-state index contributed by atoms with van der Waals surface area (Å²) in [7, 11) is -13.3. The van der Waals surface area contributed by atoms with Crippen molar-refractivity contribution < 1.29 is 34.8 Å². The third kappa shape index (κ3) is 3.74. The van der Waals surface area contributed by atoms with Crippen molar-refractivity contribution in [3.8, 4) is 0 Å². The molecule has 3 aliphatic heterocycles. The van der Waals surface area contributed by atoms with Crippen molar-refractivity contribution >= 4 is 53.4 Å². The average molecular weight is 507 g/mol. The van der Waals surface area contributed by atoms with E-state index < -0.39 is 49.6 Å². The first-order valence-electron chi connectivity index (χ1n) is 8.57. The van der Waals surface area contributed by atoms with Gasteiger partial charge in [-0.3, -0.25) is 10.2 Å². The average Bonchev–Trinajstić information content (AvgIpc) is 3.49. The van der Waals surface area contributed by atoms with E-state index in [0.29, 0.717) is 34.6 Å². The van der Waals surface area contributed by atoms with Gasteiger partial charge in [0, 0.05) is 25.4 Å². The van der Waals surface area contributed by atoms with E-state index in [1.165, 1.54) is 0 Å². The SMILES string of the molecule is O=S(=O)(c1c(S(=O)(=O)N2CCCO2)nsc1S(=O)(=O)N1CCCS1)C1NCCO1. The van der Waals surface area contributed by atoms with Crippen molar-refractivity contribution in [2.75, 3.05) is 38.6 Å². The van der Waals surface area contributed by atoms with E-state index in [1.807, 2.05) is 0 Å². The number of aromatic nitrogens is 1. The Hall–Kier alpha value is -0.370. The van der Waals surface area contributed by atoms with Gasteiger partial charge in [-0.25, -0.2) is 25.3 Å². The lowest BCUT2D eigenvalue weighted by Gasteiger charge is -2.18. The fourth-order valence-electron chi connectivity index (χ4n) is 2.94. The van der Waals surface area contributed by atoms with E-state index in [2.05, 4.69) is 9.69 Å². The predicted molar refractivity (Wildman–Crippen MR) is 102 cm³/mol. The molecule has 17 heteroatoms. The zero-order valence-corrected chi connectivity index (χ0v) is 19.0. The van der Waals surface area contributed by atoms with Crippen molar-refractivity contribution in [1.29, 1.82) is 0 Å². The maximum absolute atomic E-state index is 13.2. The van der Waals surface area contributed by atoms with Gasteiger partial charge >= 0.3 is 0 Å². The van der Waals surface area contributed by atoms with Gasteiger partial charge in [0.25, 0.3) is 20.0 Å². The molecule has 1 unspecified atom stereocenters. The monoisotopic (exact) mass is 506 g/mol. The number of nitrogens with zero attached hydrogens (tertiary/aromatic N) is 3. The van der Waals surface area contributed by atoms with Crippen LogP contribution in [0.3, 0.4) is 0 Å². The Labute approximate surface area is 176 Å². The summed E-state index contributed by atoms with van der Waals surface area (Å²) >= 11 is 1.36. The number of hydroxylamine groups is 1. The standard InChI is InChI=1S/C12H18N4O8S5/c17-27(18,12-13-3-7-23-12)9-10(28(19,20)15-4-1-6-24-15)14-26-11(9)29(21,22)16-5-2-8-25-16/h12-13H,1-8H2. The van der Waals surface area contributed by atoms with Crippen molar-refractivity contribution in [2.24, 2.45) is 0 Å². The first kappa shape index (κ1) is 21.8. The molecule has 164 valence electrons. The molecular formula is C12H18N4O8S5. The van der Waals surface area contributed by atoms with Crippen LogP contribution in [0, 0.1) is 0 Å². The van der Waals surface area contributed by atoms with Gasteiger partial charge in [-0.2, -0.15) is 4.37 Å². The molecule has 3 saturated heterocycles. The molecule has 4 heterocycles. The molecule has 4 rings (SSSR count). The van der Waals surface area contributed by atoms with Crippen LogP contribution in [0.2, 0.25) is 0 Å². The van der Waals surface area contributed by atoms with Crippen LogP contribution >= 0.6 is 23.5 Å². The molecule has 1 N–H and O–H groups in total. The van der Waals surface area contributed by atoms with Crippen molar-refractivity contribution in [2.45, 2.75) is 32.5 Å². The van der Waals surface area contributed by atoms with E-state index in [1.54, 1.807) is 0 Å². The minimum absolute atomic E-state index is 0.0155. The van der Waals surface area contributed by atoms with Gasteiger partial charge < -0.3 is 4.74 Å². The number of hydrogen-bond acceptors (Lipinski definition) is 12. The van der Waals surface area contributed by atoms with Crippen LogP contribution in [0.1, 0.15) is 12.8 Å². The summed E-state index contributed by atoms with van der Waals surface area (Å²) in [5.74, 6) is 0.556. The summed E-state index contributed by atoms with van der Waals surface area (Å²) < 4.78 is 88.6.